The van der Waals surface area contributed by atoms with Crippen molar-refractivity contribution in [3.8, 4) is 11.1 Å². The second kappa shape index (κ2) is 14.5. The van der Waals surface area contributed by atoms with Gasteiger partial charge in [0.15, 0.2) is 0 Å². The molecule has 2 atom stereocenters. The van der Waals surface area contributed by atoms with E-state index < -0.39 is 88.9 Å². The largest absolute Gasteiger partial charge is 0.480 e. The third-order valence-electron chi connectivity index (χ3n) is 9.58. The highest BCUT2D eigenvalue weighted by atomic mass is 19.4. The Balaban J connectivity index is 1.38. The molecule has 6 rings (SSSR count). The summed E-state index contributed by atoms with van der Waals surface area (Å²) in [5.74, 6) is -6.25. The topological polar surface area (TPSA) is 104 Å². The molecular weight excluding hydrogens is 744 g/mol. The normalized spacial score (nSPS) is 15.7. The molecule has 0 spiro atoms. The van der Waals surface area contributed by atoms with E-state index in [4.69, 9.17) is 4.74 Å². The summed E-state index contributed by atoms with van der Waals surface area (Å²) in [6, 6.07) is 9.87. The Morgan fingerprint density at radius 2 is 1.60 bits per heavy atom. The molecule has 290 valence electrons. The Morgan fingerprint density at radius 1 is 0.945 bits per heavy atom. The zero-order chi connectivity index (χ0) is 40.1. The highest BCUT2D eigenvalue weighted by Crippen LogP contribution is 2.43. The number of nitrogens with one attached hydrogen (secondary N) is 1. The minimum Gasteiger partial charge on any atom is -0.480 e. The number of amides is 1. The second-order valence-electron chi connectivity index (χ2n) is 13.2. The van der Waals surface area contributed by atoms with E-state index in [1.165, 1.54) is 55.6 Å². The van der Waals surface area contributed by atoms with E-state index in [0.717, 1.165) is 4.57 Å². The number of carboxylic acid groups (broad SMARTS) is 1. The summed E-state index contributed by atoms with van der Waals surface area (Å²) in [5, 5.41) is 12.2. The van der Waals surface area contributed by atoms with Crippen molar-refractivity contribution in [1.29, 1.82) is 0 Å². The molecule has 0 unspecified atom stereocenters. The van der Waals surface area contributed by atoms with Gasteiger partial charge in [-0.3, -0.25) is 9.59 Å². The molecule has 1 amide bonds. The van der Waals surface area contributed by atoms with Crippen LogP contribution in [0, 0.1) is 11.6 Å². The fraction of sp³-hybridized carbons (Fsp3) is 0.289. The van der Waals surface area contributed by atoms with Crippen LogP contribution in [0.15, 0.2) is 71.5 Å². The van der Waals surface area contributed by atoms with Crippen molar-refractivity contribution in [2.24, 2.45) is 7.05 Å². The first-order chi connectivity index (χ1) is 25.8. The van der Waals surface area contributed by atoms with Gasteiger partial charge >= 0.3 is 18.3 Å². The molecule has 1 aliphatic heterocycles. The molecule has 0 bridgehead atoms. The maximum absolute atomic E-state index is 15.3. The number of ether oxygens (including phenoxy) is 1. The van der Waals surface area contributed by atoms with Crippen LogP contribution < -0.4 is 20.7 Å². The van der Waals surface area contributed by atoms with Crippen molar-refractivity contribution >= 4 is 44.9 Å². The van der Waals surface area contributed by atoms with Gasteiger partial charge in [-0.15, -0.1) is 0 Å². The lowest BCUT2D eigenvalue weighted by molar-refractivity contribution is -0.167. The third-order valence-corrected chi connectivity index (χ3v) is 9.58. The van der Waals surface area contributed by atoms with Gasteiger partial charge in [0.25, 0.3) is 11.5 Å². The van der Waals surface area contributed by atoms with Crippen molar-refractivity contribution in [3.63, 3.8) is 0 Å². The van der Waals surface area contributed by atoms with Crippen LogP contribution in [0.4, 0.5) is 46.5 Å². The number of morpholine rings is 1. The standard InChI is InChI=1S/C38H32F8N4O5/c1-48(2)20-10-11-29-25(15-20)33(38(44,45)46)31(35(52)49(29)3)24-9-5-7-22-19(6-4-8-23(22)24)14-28(36(53)54)47-34(51)32-26(39)16-21(17-27(32)40)50-12-13-55-18-30(50)37(41,42)43/h4-11,15-17,28,30H,12-14,18H2,1-3H3,(H,47,51)(H,53,54)/t28-,30+/m0/s1. The monoisotopic (exact) mass is 776 g/mol. The number of aliphatic carboxylic acids is 1. The maximum Gasteiger partial charge on any atom is 0.417 e. The fourth-order valence-electron chi connectivity index (χ4n) is 6.91. The van der Waals surface area contributed by atoms with Gasteiger partial charge in [0.1, 0.15) is 29.3 Å². The number of anilines is 2. The summed E-state index contributed by atoms with van der Waals surface area (Å²) >= 11 is 0. The molecule has 1 saturated heterocycles. The molecule has 5 aromatic rings. The smallest absolute Gasteiger partial charge is 0.417 e. The number of carbonyl (C=O) groups excluding carboxylic acids is 1. The summed E-state index contributed by atoms with van der Waals surface area (Å²) < 4.78 is 122. The molecule has 1 fully saturated rings. The predicted molar refractivity (Wildman–Crippen MR) is 188 cm³/mol. The summed E-state index contributed by atoms with van der Waals surface area (Å²) in [4.78, 5) is 41.6. The van der Waals surface area contributed by atoms with Gasteiger partial charge in [-0.1, -0.05) is 36.4 Å². The van der Waals surface area contributed by atoms with E-state index in [9.17, 15) is 45.8 Å². The highest BCUT2D eigenvalue weighted by Gasteiger charge is 2.46. The van der Waals surface area contributed by atoms with E-state index in [2.05, 4.69) is 0 Å². The van der Waals surface area contributed by atoms with Crippen molar-refractivity contribution in [3.05, 3.63) is 105 Å². The van der Waals surface area contributed by atoms with E-state index in [0.29, 0.717) is 22.7 Å². The molecule has 55 heavy (non-hydrogen) atoms. The number of aromatic nitrogens is 1. The van der Waals surface area contributed by atoms with Crippen molar-refractivity contribution in [1.82, 2.24) is 9.88 Å². The van der Waals surface area contributed by atoms with E-state index >= 15 is 8.78 Å². The minimum absolute atomic E-state index is 0.0433. The van der Waals surface area contributed by atoms with Crippen LogP contribution in [0.25, 0.3) is 32.8 Å². The van der Waals surface area contributed by atoms with Crippen LogP contribution in [-0.4, -0.2) is 73.7 Å². The molecule has 17 heteroatoms. The lowest BCUT2D eigenvalue weighted by atomic mass is 9.90. The number of benzene rings is 4. The summed E-state index contributed by atoms with van der Waals surface area (Å²) in [6.45, 7) is -1.30. The van der Waals surface area contributed by atoms with Gasteiger partial charge in [-0.2, -0.15) is 26.3 Å². The quantitative estimate of drug-likeness (QED) is 0.165. The number of fused-ring (bicyclic) bond motifs is 2. The number of nitrogens with zero attached hydrogens (tertiary/aromatic N) is 3. The molecule has 1 aliphatic rings. The Labute approximate surface area is 307 Å². The van der Waals surface area contributed by atoms with Gasteiger partial charge in [-0.25, -0.2) is 13.6 Å². The number of hydrogen-bond donors (Lipinski definition) is 2. The Hall–Kier alpha value is -5.71. The van der Waals surface area contributed by atoms with Gasteiger partial charge in [0, 0.05) is 50.9 Å². The molecule has 2 N–H and O–H groups in total. The van der Waals surface area contributed by atoms with Crippen LogP contribution in [0.5, 0.6) is 0 Å². The number of carboxylic acids is 1. The van der Waals surface area contributed by atoms with E-state index in [1.807, 2.05) is 5.32 Å². The first-order valence-corrected chi connectivity index (χ1v) is 16.7. The second-order valence-corrected chi connectivity index (χ2v) is 13.2. The summed E-state index contributed by atoms with van der Waals surface area (Å²) in [6.07, 6.45) is -10.3. The molecule has 0 aliphatic carbocycles. The Morgan fingerprint density at radius 3 is 2.22 bits per heavy atom. The number of pyridine rings is 1. The lowest BCUT2D eigenvalue weighted by Crippen LogP contribution is -2.53. The van der Waals surface area contributed by atoms with Gasteiger partial charge in [0.2, 0.25) is 0 Å². The Kier molecular flexibility index (Phi) is 10.3. The van der Waals surface area contributed by atoms with Crippen LogP contribution in [0.3, 0.4) is 0 Å². The SMILES string of the molecule is CN(C)c1ccc2c(c1)c(C(F)(F)F)c(-c1cccc3c(C[C@H](NC(=O)c4c(F)cc(N5CCOC[C@@H]5C(F)(F)F)cc4F)C(=O)O)cccc13)c(=O)n2C. The maximum atomic E-state index is 15.3. The average molecular weight is 777 g/mol. The zero-order valence-electron chi connectivity index (χ0n) is 29.3. The number of alkyl halides is 6. The van der Waals surface area contributed by atoms with E-state index in [-0.39, 0.29) is 46.0 Å². The molecule has 9 nitrogen and oxygen atoms in total. The third kappa shape index (κ3) is 7.39. The first-order valence-electron chi connectivity index (χ1n) is 16.7. The van der Waals surface area contributed by atoms with Gasteiger partial charge < -0.3 is 29.5 Å². The van der Waals surface area contributed by atoms with Crippen molar-refractivity contribution in [2.75, 3.05) is 43.7 Å². The summed E-state index contributed by atoms with van der Waals surface area (Å²) in [7, 11) is 4.66. The van der Waals surface area contributed by atoms with Crippen LogP contribution >= 0.6 is 0 Å². The first kappa shape index (κ1) is 39.0. The highest BCUT2D eigenvalue weighted by molar-refractivity contribution is 6.02. The van der Waals surface area contributed by atoms with Gasteiger partial charge in [0.05, 0.1) is 29.9 Å². The van der Waals surface area contributed by atoms with E-state index in [1.54, 1.807) is 25.1 Å². The number of aryl methyl sites for hydroxylation is 1. The molecule has 0 saturated carbocycles. The number of hydrogen-bond acceptors (Lipinski definition) is 6. The number of rotatable bonds is 8. The number of halogens is 8. The van der Waals surface area contributed by atoms with Crippen LogP contribution in [0.1, 0.15) is 21.5 Å². The Bertz CT molecular complexity index is 2370. The van der Waals surface area contributed by atoms with Crippen molar-refractivity contribution in [2.45, 2.75) is 30.9 Å². The minimum atomic E-state index is -4.99. The molecule has 1 aromatic heterocycles. The van der Waals surface area contributed by atoms with Gasteiger partial charge in [-0.05, 0) is 52.2 Å². The van der Waals surface area contributed by atoms with Crippen molar-refractivity contribution < 1.29 is 54.6 Å². The molecular formula is C38H32F8N4O5. The zero-order valence-corrected chi connectivity index (χ0v) is 29.3. The molecule has 4 aromatic carbocycles. The lowest BCUT2D eigenvalue weighted by Gasteiger charge is -2.38. The number of carbonyl (C=O) groups is 2. The molecule has 0 radical (unpaired) electrons. The summed E-state index contributed by atoms with van der Waals surface area (Å²) in [5.41, 5.74) is -3.91. The fourth-order valence-corrected chi connectivity index (χ4v) is 6.91. The average Bonchev–Trinajstić information content (AvgIpc) is 3.11. The van der Waals surface area contributed by atoms with Crippen LogP contribution in [-0.2, 0) is 29.2 Å². The van der Waals surface area contributed by atoms with Crippen LogP contribution in [0.2, 0.25) is 0 Å². The predicted octanol–water partition coefficient (Wildman–Crippen LogP) is 6.91. The molecule has 2 heterocycles.